The van der Waals surface area contributed by atoms with Gasteiger partial charge in [0, 0.05) is 24.5 Å². The van der Waals surface area contributed by atoms with Gasteiger partial charge in [-0.3, -0.25) is 0 Å². The molecule has 2 heteroatoms. The predicted molar refractivity (Wildman–Crippen MR) is 122 cm³/mol. The molecule has 0 bridgehead atoms. The van der Waals surface area contributed by atoms with Gasteiger partial charge in [0.1, 0.15) is 5.75 Å². The van der Waals surface area contributed by atoms with Gasteiger partial charge >= 0.3 is 11.5 Å². The molecule has 0 saturated carbocycles. The van der Waals surface area contributed by atoms with E-state index < -0.39 is 0 Å². The normalized spacial score (nSPS) is 13.1. The minimum absolute atomic E-state index is 0.863. The summed E-state index contributed by atoms with van der Waals surface area (Å²) < 4.78 is 11.8. The van der Waals surface area contributed by atoms with Gasteiger partial charge in [-0.2, -0.15) is 0 Å². The predicted octanol–water partition coefficient (Wildman–Crippen LogP) is 6.88. The van der Waals surface area contributed by atoms with E-state index in [0.717, 1.165) is 35.7 Å². The quantitative estimate of drug-likeness (QED) is 0.307. The van der Waals surface area contributed by atoms with Crippen LogP contribution in [0.5, 0.6) is 5.75 Å². The number of rotatable bonds is 3. The minimum atomic E-state index is 0.863. The van der Waals surface area contributed by atoms with E-state index in [0.29, 0.717) is 0 Å². The highest BCUT2D eigenvalue weighted by Crippen LogP contribution is 2.49. The van der Waals surface area contributed by atoms with Gasteiger partial charge in [-0.25, -0.2) is 4.42 Å². The molecule has 0 fully saturated rings. The molecule has 2 aliphatic carbocycles. The van der Waals surface area contributed by atoms with Crippen molar-refractivity contribution in [2.24, 2.45) is 0 Å². The van der Waals surface area contributed by atoms with Crippen LogP contribution in [0.1, 0.15) is 33.6 Å². The van der Waals surface area contributed by atoms with Gasteiger partial charge in [0.25, 0.3) is 0 Å². The van der Waals surface area contributed by atoms with Crippen molar-refractivity contribution in [1.82, 2.24) is 0 Å². The second-order valence-corrected chi connectivity index (χ2v) is 7.90. The molecule has 2 nitrogen and oxygen atoms in total. The average molecular weight is 389 g/mol. The Kier molecular flexibility index (Phi) is 3.85. The van der Waals surface area contributed by atoms with E-state index in [9.17, 15) is 0 Å². The molecule has 0 N–H and O–H groups in total. The van der Waals surface area contributed by atoms with Crippen molar-refractivity contribution in [3.05, 3.63) is 106 Å². The maximum Gasteiger partial charge on any atom is 0.365 e. The molecule has 144 valence electrons. The zero-order chi connectivity index (χ0) is 20.1. The SMILES string of the molecule is COc1ccc(/C=C/c2[o+]c3c(c4c2Cc2ccccc2-4)Cc2ccccc2-3)cc1. The maximum absolute atomic E-state index is 6.58. The third kappa shape index (κ3) is 2.61. The number of fused-ring (bicyclic) bond motifs is 7. The van der Waals surface area contributed by atoms with Crippen LogP contribution in [0.25, 0.3) is 34.6 Å². The fourth-order valence-electron chi connectivity index (χ4n) is 4.76. The van der Waals surface area contributed by atoms with Crippen LogP contribution in [0.4, 0.5) is 0 Å². The summed E-state index contributed by atoms with van der Waals surface area (Å²) in [5.41, 5.74) is 10.4. The Balaban J connectivity index is 1.52. The fraction of sp³-hybridized carbons (Fsp3) is 0.107. The monoisotopic (exact) mass is 389 g/mol. The molecule has 1 heterocycles. The van der Waals surface area contributed by atoms with Crippen LogP contribution in [0.15, 0.2) is 77.2 Å². The van der Waals surface area contributed by atoms with Gasteiger partial charge in [0.05, 0.1) is 23.8 Å². The van der Waals surface area contributed by atoms with Crippen molar-refractivity contribution in [1.29, 1.82) is 0 Å². The van der Waals surface area contributed by atoms with Crippen LogP contribution >= 0.6 is 0 Å². The van der Waals surface area contributed by atoms with Gasteiger partial charge < -0.3 is 4.74 Å². The molecule has 1 aromatic heterocycles. The molecule has 0 atom stereocenters. The second-order valence-electron chi connectivity index (χ2n) is 7.90. The van der Waals surface area contributed by atoms with Crippen molar-refractivity contribution in [2.45, 2.75) is 12.8 Å². The number of hydrogen-bond donors (Lipinski definition) is 0. The molecular weight excluding hydrogens is 368 g/mol. The number of methoxy groups -OCH3 is 1. The summed E-state index contributed by atoms with van der Waals surface area (Å²) in [6.07, 6.45) is 6.09. The van der Waals surface area contributed by atoms with Gasteiger partial charge in [0.15, 0.2) is 0 Å². The van der Waals surface area contributed by atoms with Gasteiger partial charge in [-0.1, -0.05) is 54.6 Å². The molecule has 0 radical (unpaired) electrons. The largest absolute Gasteiger partial charge is 0.497 e. The summed E-state index contributed by atoms with van der Waals surface area (Å²) >= 11 is 0. The van der Waals surface area contributed by atoms with Crippen LogP contribution in [0, 0.1) is 0 Å². The van der Waals surface area contributed by atoms with Gasteiger partial charge in [-0.05, 0) is 46.5 Å². The van der Waals surface area contributed by atoms with Crippen molar-refractivity contribution in [2.75, 3.05) is 7.11 Å². The topological polar surface area (TPSA) is 20.5 Å². The Hall–Kier alpha value is -3.65. The van der Waals surface area contributed by atoms with Crippen molar-refractivity contribution in [3.63, 3.8) is 0 Å². The second kappa shape index (κ2) is 6.70. The molecule has 0 saturated heterocycles. The Morgan fingerprint density at radius 3 is 2.17 bits per heavy atom. The molecule has 0 unspecified atom stereocenters. The lowest BCUT2D eigenvalue weighted by atomic mass is 9.98. The van der Waals surface area contributed by atoms with E-state index in [1.807, 2.05) is 12.1 Å². The van der Waals surface area contributed by atoms with E-state index in [4.69, 9.17) is 9.15 Å². The lowest BCUT2D eigenvalue weighted by Crippen LogP contribution is -1.93. The van der Waals surface area contributed by atoms with Crippen LogP contribution in [0.2, 0.25) is 0 Å². The molecule has 0 aliphatic heterocycles. The van der Waals surface area contributed by atoms with Gasteiger partial charge in [0.2, 0.25) is 0 Å². The molecule has 30 heavy (non-hydrogen) atoms. The average Bonchev–Trinajstić information content (AvgIpc) is 3.36. The van der Waals surface area contributed by atoms with Crippen molar-refractivity contribution in [3.8, 4) is 28.2 Å². The van der Waals surface area contributed by atoms with E-state index in [-0.39, 0.29) is 0 Å². The van der Waals surface area contributed by atoms with Crippen LogP contribution in [-0.2, 0) is 12.8 Å². The molecule has 0 spiro atoms. The maximum atomic E-state index is 6.58. The third-order valence-electron chi connectivity index (χ3n) is 6.21. The molecule has 0 amide bonds. The first-order chi connectivity index (χ1) is 14.8. The van der Waals surface area contributed by atoms with Crippen LogP contribution < -0.4 is 4.74 Å². The van der Waals surface area contributed by atoms with Crippen LogP contribution in [-0.4, -0.2) is 7.11 Å². The van der Waals surface area contributed by atoms with Gasteiger partial charge in [-0.15, -0.1) is 0 Å². The summed E-state index contributed by atoms with van der Waals surface area (Å²) in [4.78, 5) is 0. The number of ether oxygens (including phenoxy) is 1. The van der Waals surface area contributed by atoms with Crippen LogP contribution in [0.3, 0.4) is 0 Å². The first-order valence-electron chi connectivity index (χ1n) is 10.3. The standard InChI is InChI=1S/C28H21O2/c1-29-21-13-10-18(11-14-21)12-15-26-24-16-19-6-2-4-8-22(19)27(24)25-17-20-7-3-5-9-23(20)28(25)30-26/h2-15H,16-17H2,1H3/q+1/b15-12+. The van der Waals surface area contributed by atoms with Crippen molar-refractivity contribution < 1.29 is 9.15 Å². The summed E-state index contributed by atoms with van der Waals surface area (Å²) in [6, 6.07) is 25.4. The Morgan fingerprint density at radius 2 is 1.40 bits per heavy atom. The lowest BCUT2D eigenvalue weighted by molar-refractivity contribution is 0.415. The molecule has 2 aliphatic rings. The zero-order valence-electron chi connectivity index (χ0n) is 16.8. The molecule has 6 rings (SSSR count). The smallest absolute Gasteiger partial charge is 0.365 e. The zero-order valence-corrected chi connectivity index (χ0v) is 16.8. The molecular formula is C28H21O2+. The minimum Gasteiger partial charge on any atom is -0.497 e. The van der Waals surface area contributed by atoms with Crippen molar-refractivity contribution >= 4 is 12.2 Å². The summed E-state index contributed by atoms with van der Waals surface area (Å²) in [5, 5.41) is 0. The molecule has 3 aromatic carbocycles. The van der Waals surface area contributed by atoms with E-state index in [1.54, 1.807) is 7.11 Å². The Morgan fingerprint density at radius 1 is 0.733 bits per heavy atom. The Bertz CT molecular complexity index is 1310. The van der Waals surface area contributed by atoms with E-state index in [2.05, 4.69) is 72.8 Å². The Labute approximate surface area is 176 Å². The molecule has 4 aromatic rings. The highest BCUT2D eigenvalue weighted by atomic mass is 16.5. The number of hydrogen-bond acceptors (Lipinski definition) is 1. The fourth-order valence-corrected chi connectivity index (χ4v) is 4.76. The first-order valence-corrected chi connectivity index (χ1v) is 10.3. The highest BCUT2D eigenvalue weighted by Gasteiger charge is 2.39. The number of benzene rings is 3. The van der Waals surface area contributed by atoms with E-state index >= 15 is 0 Å². The highest BCUT2D eigenvalue weighted by molar-refractivity contribution is 5.89. The summed E-state index contributed by atoms with van der Waals surface area (Å²) in [5.74, 6) is 2.84. The summed E-state index contributed by atoms with van der Waals surface area (Å²) in [7, 11) is 1.69. The summed E-state index contributed by atoms with van der Waals surface area (Å²) in [6.45, 7) is 0. The third-order valence-corrected chi connectivity index (χ3v) is 6.21. The first kappa shape index (κ1) is 17.2. The lowest BCUT2D eigenvalue weighted by Gasteiger charge is -2.04. The van der Waals surface area contributed by atoms with E-state index in [1.165, 1.54) is 38.9 Å².